The monoisotopic (exact) mass is 361 g/mol. The van der Waals surface area contributed by atoms with Crippen molar-refractivity contribution in [3.63, 3.8) is 0 Å². The predicted octanol–water partition coefficient (Wildman–Crippen LogP) is 0.729. The summed E-state index contributed by atoms with van der Waals surface area (Å²) in [7, 11) is 0. The first-order valence-corrected chi connectivity index (χ1v) is 9.03. The van der Waals surface area contributed by atoms with Gasteiger partial charge >= 0.3 is 6.03 Å². The van der Waals surface area contributed by atoms with Gasteiger partial charge in [0.1, 0.15) is 13.2 Å². The Morgan fingerprint density at radius 2 is 1.88 bits per heavy atom. The van der Waals surface area contributed by atoms with Crippen LogP contribution in [0.15, 0.2) is 18.2 Å². The maximum Gasteiger partial charge on any atom is 0.317 e. The number of fused-ring (bicyclic) bond motifs is 1. The van der Waals surface area contributed by atoms with Crippen LogP contribution in [-0.2, 0) is 4.79 Å². The second-order valence-electron chi connectivity index (χ2n) is 6.90. The van der Waals surface area contributed by atoms with Gasteiger partial charge in [-0.1, -0.05) is 0 Å². The molecule has 2 saturated heterocycles. The standard InChI is InChI=1S/C18H23N3O5/c22-14-3-5-20(6-4-14)18(24)19-12-9-17(23)21(11-12)13-1-2-15-16(10-13)26-8-7-25-15/h1-2,10,12,14,22H,3-9,11H2,(H,19,24)/t12-/m0/s1. The molecule has 1 aromatic rings. The molecule has 8 nitrogen and oxygen atoms in total. The molecule has 3 aliphatic heterocycles. The highest BCUT2D eigenvalue weighted by molar-refractivity contribution is 5.97. The van der Waals surface area contributed by atoms with Crippen LogP contribution in [0.4, 0.5) is 10.5 Å². The molecule has 0 spiro atoms. The van der Waals surface area contributed by atoms with E-state index in [0.29, 0.717) is 57.2 Å². The number of aliphatic hydroxyl groups is 1. The van der Waals surface area contributed by atoms with E-state index in [2.05, 4.69) is 5.32 Å². The molecule has 2 fully saturated rings. The Kier molecular flexibility index (Phi) is 4.58. The zero-order valence-corrected chi connectivity index (χ0v) is 14.5. The summed E-state index contributed by atoms with van der Waals surface area (Å²) in [6.45, 7) is 2.53. The van der Waals surface area contributed by atoms with Crippen molar-refractivity contribution in [3.05, 3.63) is 18.2 Å². The minimum Gasteiger partial charge on any atom is -0.486 e. The zero-order chi connectivity index (χ0) is 18.1. The van der Waals surface area contributed by atoms with Crippen molar-refractivity contribution in [1.82, 2.24) is 10.2 Å². The number of rotatable bonds is 2. The summed E-state index contributed by atoms with van der Waals surface area (Å²) in [4.78, 5) is 28.1. The second kappa shape index (κ2) is 7.03. The molecule has 0 unspecified atom stereocenters. The van der Waals surface area contributed by atoms with E-state index in [1.165, 1.54) is 0 Å². The molecule has 140 valence electrons. The van der Waals surface area contributed by atoms with E-state index in [1.54, 1.807) is 9.80 Å². The summed E-state index contributed by atoms with van der Waals surface area (Å²) >= 11 is 0. The Morgan fingerprint density at radius 1 is 1.15 bits per heavy atom. The van der Waals surface area contributed by atoms with E-state index < -0.39 is 0 Å². The van der Waals surface area contributed by atoms with E-state index in [0.717, 1.165) is 5.69 Å². The van der Waals surface area contributed by atoms with Gasteiger partial charge in [0.2, 0.25) is 5.91 Å². The van der Waals surface area contributed by atoms with Gasteiger partial charge in [-0.2, -0.15) is 0 Å². The van der Waals surface area contributed by atoms with Crippen molar-refractivity contribution in [2.24, 2.45) is 0 Å². The predicted molar refractivity (Wildman–Crippen MR) is 93.5 cm³/mol. The lowest BCUT2D eigenvalue weighted by Crippen LogP contribution is -2.49. The lowest BCUT2D eigenvalue weighted by molar-refractivity contribution is -0.117. The van der Waals surface area contributed by atoms with Gasteiger partial charge < -0.3 is 29.7 Å². The van der Waals surface area contributed by atoms with E-state index >= 15 is 0 Å². The molecule has 3 amide bonds. The molecular formula is C18H23N3O5. The second-order valence-corrected chi connectivity index (χ2v) is 6.90. The Bertz CT molecular complexity index is 702. The average Bonchev–Trinajstić information content (AvgIpc) is 3.02. The Labute approximate surface area is 151 Å². The number of amides is 3. The largest absolute Gasteiger partial charge is 0.486 e. The van der Waals surface area contributed by atoms with Crippen molar-refractivity contribution in [1.29, 1.82) is 0 Å². The van der Waals surface area contributed by atoms with Gasteiger partial charge in [-0.25, -0.2) is 4.79 Å². The molecule has 0 saturated carbocycles. The number of likely N-dealkylation sites (tertiary alicyclic amines) is 1. The van der Waals surface area contributed by atoms with Gasteiger partial charge in [0.25, 0.3) is 0 Å². The topological polar surface area (TPSA) is 91.3 Å². The summed E-state index contributed by atoms with van der Waals surface area (Å²) in [5.74, 6) is 1.30. The van der Waals surface area contributed by atoms with E-state index in [-0.39, 0.29) is 30.5 Å². The Hall–Kier alpha value is -2.48. The number of aliphatic hydroxyl groups excluding tert-OH is 1. The number of urea groups is 1. The minimum atomic E-state index is -0.321. The number of nitrogens with one attached hydrogen (secondary N) is 1. The number of benzene rings is 1. The van der Waals surface area contributed by atoms with Crippen molar-refractivity contribution in [2.75, 3.05) is 37.7 Å². The third-order valence-corrected chi connectivity index (χ3v) is 5.04. The zero-order valence-electron chi connectivity index (χ0n) is 14.5. The SMILES string of the molecule is O=C(N[C@H]1CC(=O)N(c2ccc3c(c2)OCCO3)C1)N1CCC(O)CC1. The first-order valence-electron chi connectivity index (χ1n) is 9.03. The van der Waals surface area contributed by atoms with Crippen molar-refractivity contribution in [2.45, 2.75) is 31.4 Å². The molecule has 2 N–H and O–H groups in total. The fraction of sp³-hybridized carbons (Fsp3) is 0.556. The van der Waals surface area contributed by atoms with Crippen LogP contribution in [-0.4, -0.2) is 66.9 Å². The molecule has 0 aliphatic carbocycles. The summed E-state index contributed by atoms with van der Waals surface area (Å²) in [5.41, 5.74) is 0.747. The number of hydrogen-bond donors (Lipinski definition) is 2. The maximum absolute atomic E-state index is 12.4. The highest BCUT2D eigenvalue weighted by atomic mass is 16.6. The molecule has 26 heavy (non-hydrogen) atoms. The van der Waals surface area contributed by atoms with E-state index in [9.17, 15) is 14.7 Å². The van der Waals surface area contributed by atoms with Crippen molar-refractivity contribution < 1.29 is 24.2 Å². The minimum absolute atomic E-state index is 0.0268. The molecule has 0 bridgehead atoms. The molecule has 1 aromatic carbocycles. The number of carbonyl (C=O) groups excluding carboxylic acids is 2. The summed E-state index contributed by atoms with van der Waals surface area (Å²) in [6, 6.07) is 5.06. The first kappa shape index (κ1) is 17.0. The van der Waals surface area contributed by atoms with Crippen LogP contribution in [0.3, 0.4) is 0 Å². The fourth-order valence-electron chi connectivity index (χ4n) is 3.59. The maximum atomic E-state index is 12.4. The van der Waals surface area contributed by atoms with Gasteiger partial charge in [0, 0.05) is 37.8 Å². The third-order valence-electron chi connectivity index (χ3n) is 5.04. The van der Waals surface area contributed by atoms with E-state index in [4.69, 9.17) is 9.47 Å². The number of hydrogen-bond acceptors (Lipinski definition) is 5. The highest BCUT2D eigenvalue weighted by Gasteiger charge is 2.33. The van der Waals surface area contributed by atoms with Gasteiger partial charge in [0.05, 0.1) is 12.1 Å². The summed E-state index contributed by atoms with van der Waals surface area (Å²) in [6.07, 6.45) is 1.15. The summed E-state index contributed by atoms with van der Waals surface area (Å²) < 4.78 is 11.1. The van der Waals surface area contributed by atoms with Crippen LogP contribution >= 0.6 is 0 Å². The van der Waals surface area contributed by atoms with Gasteiger partial charge in [-0.05, 0) is 25.0 Å². The molecule has 0 radical (unpaired) electrons. The molecule has 8 heteroatoms. The van der Waals surface area contributed by atoms with Crippen molar-refractivity contribution >= 4 is 17.6 Å². The van der Waals surface area contributed by atoms with Crippen LogP contribution in [0, 0.1) is 0 Å². The lowest BCUT2D eigenvalue weighted by Gasteiger charge is -2.30. The average molecular weight is 361 g/mol. The molecule has 4 rings (SSSR count). The third kappa shape index (κ3) is 3.41. The lowest BCUT2D eigenvalue weighted by atomic mass is 10.1. The first-order chi connectivity index (χ1) is 12.6. The molecular weight excluding hydrogens is 338 g/mol. The summed E-state index contributed by atoms with van der Waals surface area (Å²) in [5, 5.41) is 12.5. The van der Waals surface area contributed by atoms with Crippen LogP contribution in [0.25, 0.3) is 0 Å². The van der Waals surface area contributed by atoms with Crippen molar-refractivity contribution in [3.8, 4) is 11.5 Å². The van der Waals surface area contributed by atoms with Gasteiger partial charge in [0.15, 0.2) is 11.5 Å². The highest BCUT2D eigenvalue weighted by Crippen LogP contribution is 2.35. The van der Waals surface area contributed by atoms with Gasteiger partial charge in [-0.3, -0.25) is 4.79 Å². The van der Waals surface area contributed by atoms with Crippen LogP contribution < -0.4 is 19.7 Å². The van der Waals surface area contributed by atoms with Crippen LogP contribution in [0.2, 0.25) is 0 Å². The number of carbonyl (C=O) groups is 2. The molecule has 1 atom stereocenters. The fourth-order valence-corrected chi connectivity index (χ4v) is 3.59. The molecule has 0 aromatic heterocycles. The quantitative estimate of drug-likeness (QED) is 0.810. The molecule has 3 heterocycles. The van der Waals surface area contributed by atoms with Gasteiger partial charge in [-0.15, -0.1) is 0 Å². The Morgan fingerprint density at radius 3 is 2.65 bits per heavy atom. The smallest absolute Gasteiger partial charge is 0.317 e. The van der Waals surface area contributed by atoms with Crippen LogP contribution in [0.1, 0.15) is 19.3 Å². The number of ether oxygens (including phenoxy) is 2. The van der Waals surface area contributed by atoms with E-state index in [1.807, 2.05) is 18.2 Å². The number of nitrogens with zero attached hydrogens (tertiary/aromatic N) is 2. The number of piperidine rings is 1. The Balaban J connectivity index is 1.38. The van der Waals surface area contributed by atoms with Crippen LogP contribution in [0.5, 0.6) is 11.5 Å². The molecule has 3 aliphatic rings. The number of anilines is 1. The normalized spacial score (nSPS) is 23.3.